The van der Waals surface area contributed by atoms with Gasteiger partial charge in [0.15, 0.2) is 6.29 Å². The summed E-state index contributed by atoms with van der Waals surface area (Å²) in [4.78, 5) is 15.2. The molecule has 4 heteroatoms. The van der Waals surface area contributed by atoms with Gasteiger partial charge in [0.25, 0.3) is 0 Å². The van der Waals surface area contributed by atoms with E-state index in [1.807, 2.05) is 30.7 Å². The molecule has 1 aliphatic rings. The van der Waals surface area contributed by atoms with Gasteiger partial charge in [-0.2, -0.15) is 0 Å². The molecule has 1 aromatic heterocycles. The number of hydrogen-bond donors (Lipinski definition) is 0. The molecule has 1 aliphatic carbocycles. The Morgan fingerprint density at radius 3 is 2.90 bits per heavy atom. The Kier molecular flexibility index (Phi) is 3.81. The van der Waals surface area contributed by atoms with Crippen LogP contribution in [0.15, 0.2) is 43.0 Å². The van der Waals surface area contributed by atoms with Crippen LogP contribution >= 0.6 is 0 Å². The van der Waals surface area contributed by atoms with Gasteiger partial charge in [-0.1, -0.05) is 18.6 Å². The fourth-order valence-corrected chi connectivity index (χ4v) is 2.87. The maximum absolute atomic E-state index is 11.1. The van der Waals surface area contributed by atoms with Gasteiger partial charge in [0.1, 0.15) is 11.9 Å². The number of carbonyl (C=O) groups is 1. The molecule has 2 aromatic rings. The van der Waals surface area contributed by atoms with Gasteiger partial charge in [0.05, 0.1) is 17.9 Å². The lowest BCUT2D eigenvalue weighted by Gasteiger charge is -2.33. The van der Waals surface area contributed by atoms with Crippen LogP contribution in [0.5, 0.6) is 5.75 Å². The van der Waals surface area contributed by atoms with Gasteiger partial charge in [-0.15, -0.1) is 0 Å². The average molecular weight is 270 g/mol. The van der Waals surface area contributed by atoms with Crippen molar-refractivity contribution in [1.29, 1.82) is 0 Å². The minimum Gasteiger partial charge on any atom is -0.488 e. The molecule has 1 saturated carbocycles. The fourth-order valence-electron chi connectivity index (χ4n) is 2.87. The summed E-state index contributed by atoms with van der Waals surface area (Å²) in [7, 11) is 0. The summed E-state index contributed by atoms with van der Waals surface area (Å²) < 4.78 is 8.25. The first kappa shape index (κ1) is 12.9. The summed E-state index contributed by atoms with van der Waals surface area (Å²) in [6.45, 7) is 0. The molecule has 1 fully saturated rings. The van der Waals surface area contributed by atoms with E-state index in [0.29, 0.717) is 17.4 Å². The van der Waals surface area contributed by atoms with E-state index in [1.54, 1.807) is 12.3 Å². The van der Waals surface area contributed by atoms with Gasteiger partial charge in [-0.3, -0.25) is 4.79 Å². The van der Waals surface area contributed by atoms with Gasteiger partial charge >= 0.3 is 0 Å². The second kappa shape index (κ2) is 5.90. The highest BCUT2D eigenvalue weighted by Crippen LogP contribution is 2.32. The molecule has 1 heterocycles. The van der Waals surface area contributed by atoms with Gasteiger partial charge in [-0.05, 0) is 31.4 Å². The highest BCUT2D eigenvalue weighted by molar-refractivity contribution is 5.79. The number of carbonyl (C=O) groups excluding carboxylic acids is 1. The number of imidazole rings is 1. The highest BCUT2D eigenvalue weighted by atomic mass is 16.5. The van der Waals surface area contributed by atoms with Gasteiger partial charge in [-0.25, -0.2) is 4.98 Å². The van der Waals surface area contributed by atoms with E-state index in [-0.39, 0.29) is 6.10 Å². The zero-order valence-corrected chi connectivity index (χ0v) is 11.3. The number of nitrogens with zero attached hydrogens (tertiary/aromatic N) is 2. The fraction of sp³-hybridized carbons (Fsp3) is 0.375. The lowest BCUT2D eigenvalue weighted by atomic mass is 9.92. The first-order valence-electron chi connectivity index (χ1n) is 7.07. The molecule has 20 heavy (non-hydrogen) atoms. The monoisotopic (exact) mass is 270 g/mol. The predicted octanol–water partition coefficient (Wildman–Crippen LogP) is 3.26. The van der Waals surface area contributed by atoms with Crippen LogP contribution in [-0.2, 0) is 0 Å². The number of aldehydes is 1. The van der Waals surface area contributed by atoms with Gasteiger partial charge in [0, 0.05) is 12.4 Å². The minimum absolute atomic E-state index is 0.0963. The molecule has 0 bridgehead atoms. The first-order valence-corrected chi connectivity index (χ1v) is 7.07. The standard InChI is InChI=1S/C16H18N2O2/c19-11-13-5-1-3-7-15(13)20-16-8-4-2-6-14(16)18-10-9-17-12-18/h1,3,5,7,9-12,14,16H,2,4,6,8H2. The molecule has 3 rings (SSSR count). The Bertz CT molecular complexity index is 566. The first-order chi connectivity index (χ1) is 9.88. The Morgan fingerprint density at radius 1 is 1.25 bits per heavy atom. The van der Waals surface area contributed by atoms with Crippen LogP contribution in [0.3, 0.4) is 0 Å². The number of rotatable bonds is 4. The third-order valence-corrected chi connectivity index (χ3v) is 3.90. The number of hydrogen-bond acceptors (Lipinski definition) is 3. The summed E-state index contributed by atoms with van der Waals surface area (Å²) in [5.41, 5.74) is 0.613. The zero-order valence-electron chi connectivity index (χ0n) is 11.3. The van der Waals surface area contributed by atoms with E-state index in [0.717, 1.165) is 19.1 Å². The van der Waals surface area contributed by atoms with Gasteiger partial charge < -0.3 is 9.30 Å². The molecule has 0 N–H and O–H groups in total. The van der Waals surface area contributed by atoms with Crippen molar-refractivity contribution in [3.63, 3.8) is 0 Å². The van der Waals surface area contributed by atoms with E-state index in [9.17, 15) is 4.79 Å². The highest BCUT2D eigenvalue weighted by Gasteiger charge is 2.28. The molecule has 1 aromatic carbocycles. The van der Waals surface area contributed by atoms with Crippen molar-refractivity contribution in [1.82, 2.24) is 9.55 Å². The van der Waals surface area contributed by atoms with Crippen molar-refractivity contribution in [3.05, 3.63) is 48.5 Å². The van der Waals surface area contributed by atoms with Crippen LogP contribution in [-0.4, -0.2) is 21.9 Å². The van der Waals surface area contributed by atoms with E-state index in [1.165, 1.54) is 12.8 Å². The van der Waals surface area contributed by atoms with Crippen molar-refractivity contribution in [2.75, 3.05) is 0 Å². The number of para-hydroxylation sites is 1. The van der Waals surface area contributed by atoms with Crippen LogP contribution in [0.25, 0.3) is 0 Å². The lowest BCUT2D eigenvalue weighted by molar-refractivity contribution is 0.0949. The molecule has 104 valence electrons. The van der Waals surface area contributed by atoms with Crippen molar-refractivity contribution >= 4 is 6.29 Å². The number of benzene rings is 1. The molecule has 0 aliphatic heterocycles. The van der Waals surface area contributed by atoms with Crippen molar-refractivity contribution in [2.24, 2.45) is 0 Å². The zero-order chi connectivity index (χ0) is 13.8. The maximum Gasteiger partial charge on any atom is 0.153 e. The lowest BCUT2D eigenvalue weighted by Crippen LogP contribution is -2.32. The molecule has 4 nitrogen and oxygen atoms in total. The van der Waals surface area contributed by atoms with E-state index in [2.05, 4.69) is 9.55 Å². The smallest absolute Gasteiger partial charge is 0.153 e. The molecule has 0 amide bonds. The normalized spacial score (nSPS) is 22.4. The third kappa shape index (κ3) is 2.59. The largest absolute Gasteiger partial charge is 0.488 e. The van der Waals surface area contributed by atoms with Crippen molar-refractivity contribution < 1.29 is 9.53 Å². The SMILES string of the molecule is O=Cc1ccccc1OC1CCCCC1n1ccnc1. The topological polar surface area (TPSA) is 44.1 Å². The molecule has 0 radical (unpaired) electrons. The van der Waals surface area contributed by atoms with Crippen molar-refractivity contribution in [2.45, 2.75) is 37.8 Å². The van der Waals surface area contributed by atoms with E-state index < -0.39 is 0 Å². The van der Waals surface area contributed by atoms with E-state index >= 15 is 0 Å². The summed E-state index contributed by atoms with van der Waals surface area (Å²) in [5.74, 6) is 0.680. The Hall–Kier alpha value is -2.10. The molecule has 2 unspecified atom stereocenters. The molecule has 0 spiro atoms. The van der Waals surface area contributed by atoms with E-state index in [4.69, 9.17) is 4.74 Å². The molecule has 2 atom stereocenters. The average Bonchev–Trinajstić information content (AvgIpc) is 3.02. The van der Waals surface area contributed by atoms with Crippen LogP contribution < -0.4 is 4.74 Å². The molecular formula is C16H18N2O2. The number of ether oxygens (including phenoxy) is 1. The quantitative estimate of drug-likeness (QED) is 0.801. The Morgan fingerprint density at radius 2 is 2.10 bits per heavy atom. The van der Waals surface area contributed by atoms with Crippen LogP contribution in [0, 0.1) is 0 Å². The summed E-state index contributed by atoms with van der Waals surface area (Å²) in [6, 6.07) is 7.70. The summed E-state index contributed by atoms with van der Waals surface area (Å²) >= 11 is 0. The van der Waals surface area contributed by atoms with Crippen molar-refractivity contribution in [3.8, 4) is 5.75 Å². The third-order valence-electron chi connectivity index (χ3n) is 3.90. The Balaban J connectivity index is 1.82. The van der Waals surface area contributed by atoms with Gasteiger partial charge in [0.2, 0.25) is 0 Å². The summed E-state index contributed by atoms with van der Waals surface area (Å²) in [5, 5.41) is 0. The van der Waals surface area contributed by atoms with Crippen LogP contribution in [0.4, 0.5) is 0 Å². The second-order valence-corrected chi connectivity index (χ2v) is 5.17. The maximum atomic E-state index is 11.1. The summed E-state index contributed by atoms with van der Waals surface area (Å²) in [6.07, 6.45) is 11.0. The van der Waals surface area contributed by atoms with Crippen LogP contribution in [0.1, 0.15) is 42.1 Å². The molecular weight excluding hydrogens is 252 g/mol. The number of aromatic nitrogens is 2. The predicted molar refractivity (Wildman–Crippen MR) is 76.0 cm³/mol. The Labute approximate surface area is 118 Å². The second-order valence-electron chi connectivity index (χ2n) is 5.17. The molecule has 0 saturated heterocycles. The van der Waals surface area contributed by atoms with Crippen LogP contribution in [0.2, 0.25) is 0 Å². The minimum atomic E-state index is 0.0963.